The van der Waals surface area contributed by atoms with Crippen LogP contribution in [-0.2, 0) is 0 Å². The lowest BCUT2D eigenvalue weighted by Crippen LogP contribution is -2.26. The zero-order valence-corrected chi connectivity index (χ0v) is 10.9. The van der Waals surface area contributed by atoms with E-state index >= 15 is 0 Å². The fraction of sp³-hybridized carbons (Fsp3) is 0.692. The molecule has 1 aromatic rings. The highest BCUT2D eigenvalue weighted by Crippen LogP contribution is 2.27. The molecule has 0 amide bonds. The summed E-state index contributed by atoms with van der Waals surface area (Å²) in [7, 11) is 0. The number of nitrogens with one attached hydrogen (secondary N) is 2. The normalized spacial score (nSPS) is 23.0. The molecule has 0 bridgehead atoms. The number of aromatic nitrogens is 2. The maximum Gasteiger partial charge on any atom is 0.131 e. The van der Waals surface area contributed by atoms with E-state index in [-0.39, 0.29) is 6.61 Å². The van der Waals surface area contributed by atoms with Crippen LogP contribution in [0.15, 0.2) is 12.4 Å². The van der Waals surface area contributed by atoms with Crippen LogP contribution < -0.4 is 10.6 Å². The van der Waals surface area contributed by atoms with Crippen LogP contribution in [0.1, 0.15) is 32.6 Å². The molecule has 2 unspecified atom stereocenters. The molecular formula is C13H22N4O. The molecule has 1 aliphatic carbocycles. The van der Waals surface area contributed by atoms with Crippen molar-refractivity contribution in [2.75, 3.05) is 23.8 Å². The van der Waals surface area contributed by atoms with Gasteiger partial charge in [-0.2, -0.15) is 0 Å². The fourth-order valence-electron chi connectivity index (χ4n) is 2.42. The SMILES string of the molecule is CCCNc1cc(NC2CCCC2CO)ncn1. The van der Waals surface area contributed by atoms with Crippen LogP contribution >= 0.6 is 0 Å². The van der Waals surface area contributed by atoms with E-state index in [2.05, 4.69) is 27.5 Å². The minimum Gasteiger partial charge on any atom is -0.396 e. The summed E-state index contributed by atoms with van der Waals surface area (Å²) in [5.74, 6) is 2.05. The molecule has 1 heterocycles. The van der Waals surface area contributed by atoms with Gasteiger partial charge < -0.3 is 15.7 Å². The van der Waals surface area contributed by atoms with Gasteiger partial charge >= 0.3 is 0 Å². The molecule has 2 atom stereocenters. The van der Waals surface area contributed by atoms with Crippen LogP contribution in [0.4, 0.5) is 11.6 Å². The van der Waals surface area contributed by atoms with Gasteiger partial charge in [-0.15, -0.1) is 0 Å². The van der Waals surface area contributed by atoms with Crippen molar-refractivity contribution in [1.82, 2.24) is 9.97 Å². The zero-order valence-electron chi connectivity index (χ0n) is 10.9. The minimum atomic E-state index is 0.254. The van der Waals surface area contributed by atoms with E-state index in [0.29, 0.717) is 12.0 Å². The molecular weight excluding hydrogens is 228 g/mol. The Balaban J connectivity index is 1.96. The van der Waals surface area contributed by atoms with E-state index in [1.165, 1.54) is 6.42 Å². The third-order valence-corrected chi connectivity index (χ3v) is 3.45. The van der Waals surface area contributed by atoms with Gasteiger partial charge in [0.15, 0.2) is 0 Å². The Bertz CT molecular complexity index is 372. The fourth-order valence-corrected chi connectivity index (χ4v) is 2.42. The average molecular weight is 250 g/mol. The lowest BCUT2D eigenvalue weighted by molar-refractivity contribution is 0.222. The second kappa shape index (κ2) is 6.54. The van der Waals surface area contributed by atoms with Crippen LogP contribution in [0.3, 0.4) is 0 Å². The summed E-state index contributed by atoms with van der Waals surface area (Å²) < 4.78 is 0. The van der Waals surface area contributed by atoms with Gasteiger partial charge in [-0.3, -0.25) is 0 Å². The maximum absolute atomic E-state index is 9.30. The van der Waals surface area contributed by atoms with Crippen molar-refractivity contribution in [3.8, 4) is 0 Å². The number of aliphatic hydroxyl groups is 1. The average Bonchev–Trinajstić information content (AvgIpc) is 2.84. The second-order valence-electron chi connectivity index (χ2n) is 4.84. The van der Waals surface area contributed by atoms with Crippen molar-refractivity contribution in [3.63, 3.8) is 0 Å². The smallest absolute Gasteiger partial charge is 0.131 e. The number of hydrogen-bond donors (Lipinski definition) is 3. The quantitative estimate of drug-likeness (QED) is 0.719. The molecule has 0 aromatic carbocycles. The van der Waals surface area contributed by atoms with Gasteiger partial charge in [-0.25, -0.2) is 9.97 Å². The Morgan fingerprint density at radius 3 is 2.94 bits per heavy atom. The largest absolute Gasteiger partial charge is 0.396 e. The van der Waals surface area contributed by atoms with Crippen molar-refractivity contribution in [2.45, 2.75) is 38.6 Å². The molecule has 0 aliphatic heterocycles. The van der Waals surface area contributed by atoms with Crippen LogP contribution in [0, 0.1) is 5.92 Å². The predicted octanol–water partition coefficient (Wildman–Crippen LogP) is 1.87. The molecule has 18 heavy (non-hydrogen) atoms. The van der Waals surface area contributed by atoms with Crippen LogP contribution in [0.5, 0.6) is 0 Å². The van der Waals surface area contributed by atoms with Gasteiger partial charge in [0.25, 0.3) is 0 Å². The van der Waals surface area contributed by atoms with Crippen LogP contribution in [-0.4, -0.2) is 34.3 Å². The van der Waals surface area contributed by atoms with E-state index < -0.39 is 0 Å². The monoisotopic (exact) mass is 250 g/mol. The summed E-state index contributed by atoms with van der Waals surface area (Å²) in [6, 6.07) is 2.27. The highest BCUT2D eigenvalue weighted by Gasteiger charge is 2.26. The van der Waals surface area contributed by atoms with Crippen molar-refractivity contribution >= 4 is 11.6 Å². The van der Waals surface area contributed by atoms with Crippen molar-refractivity contribution in [2.24, 2.45) is 5.92 Å². The molecule has 100 valence electrons. The maximum atomic E-state index is 9.30. The Hall–Kier alpha value is -1.36. The number of aliphatic hydroxyl groups excluding tert-OH is 1. The summed E-state index contributed by atoms with van der Waals surface area (Å²) in [5, 5.41) is 16.0. The number of hydrogen-bond acceptors (Lipinski definition) is 5. The van der Waals surface area contributed by atoms with Gasteiger partial charge in [0.05, 0.1) is 0 Å². The lowest BCUT2D eigenvalue weighted by Gasteiger charge is -2.19. The first-order valence-corrected chi connectivity index (χ1v) is 6.76. The summed E-state index contributed by atoms with van der Waals surface area (Å²) in [5.41, 5.74) is 0. The first-order chi connectivity index (χ1) is 8.83. The molecule has 5 nitrogen and oxygen atoms in total. The Morgan fingerprint density at radius 1 is 1.33 bits per heavy atom. The van der Waals surface area contributed by atoms with Gasteiger partial charge in [-0.1, -0.05) is 13.3 Å². The Morgan fingerprint density at radius 2 is 2.17 bits per heavy atom. The summed E-state index contributed by atoms with van der Waals surface area (Å²) in [6.45, 7) is 3.29. The third kappa shape index (κ3) is 3.32. The molecule has 3 N–H and O–H groups in total. The third-order valence-electron chi connectivity index (χ3n) is 3.45. The number of rotatable bonds is 6. The van der Waals surface area contributed by atoms with Crippen molar-refractivity contribution < 1.29 is 5.11 Å². The molecule has 1 fully saturated rings. The van der Waals surface area contributed by atoms with Crippen LogP contribution in [0.25, 0.3) is 0 Å². The number of nitrogens with zero attached hydrogens (tertiary/aromatic N) is 2. The van der Waals surface area contributed by atoms with E-state index in [1.807, 2.05) is 6.07 Å². The number of anilines is 2. The van der Waals surface area contributed by atoms with Gasteiger partial charge in [0.2, 0.25) is 0 Å². The highest BCUT2D eigenvalue weighted by molar-refractivity contribution is 5.47. The Labute approximate surface area is 108 Å². The van der Waals surface area contributed by atoms with Gasteiger partial charge in [0, 0.05) is 31.2 Å². The van der Waals surface area contributed by atoms with Crippen molar-refractivity contribution in [1.29, 1.82) is 0 Å². The van der Waals surface area contributed by atoms with E-state index in [9.17, 15) is 5.11 Å². The standard InChI is InChI=1S/C13H22N4O/c1-2-6-14-12-7-13(16-9-15-12)17-11-5-3-4-10(11)8-18/h7,9-11,18H,2-6,8H2,1H3,(H2,14,15,16,17). The molecule has 1 aliphatic rings. The summed E-state index contributed by atoms with van der Waals surface area (Å²) >= 11 is 0. The van der Waals surface area contributed by atoms with E-state index in [0.717, 1.165) is 37.4 Å². The molecule has 0 radical (unpaired) electrons. The first-order valence-electron chi connectivity index (χ1n) is 6.76. The highest BCUT2D eigenvalue weighted by atomic mass is 16.3. The molecule has 1 saturated carbocycles. The lowest BCUT2D eigenvalue weighted by atomic mass is 10.1. The second-order valence-corrected chi connectivity index (χ2v) is 4.84. The van der Waals surface area contributed by atoms with Gasteiger partial charge in [0.1, 0.15) is 18.0 Å². The summed E-state index contributed by atoms with van der Waals surface area (Å²) in [4.78, 5) is 8.41. The van der Waals surface area contributed by atoms with Gasteiger partial charge in [-0.05, 0) is 19.3 Å². The predicted molar refractivity (Wildman–Crippen MR) is 72.7 cm³/mol. The van der Waals surface area contributed by atoms with E-state index in [4.69, 9.17) is 0 Å². The molecule has 2 rings (SSSR count). The molecule has 5 heteroatoms. The summed E-state index contributed by atoms with van der Waals surface area (Å²) in [6.07, 6.45) is 6.02. The minimum absolute atomic E-state index is 0.254. The first kappa shape index (κ1) is 13.1. The van der Waals surface area contributed by atoms with Crippen molar-refractivity contribution in [3.05, 3.63) is 12.4 Å². The molecule has 0 spiro atoms. The topological polar surface area (TPSA) is 70.1 Å². The molecule has 1 aromatic heterocycles. The molecule has 0 saturated heterocycles. The van der Waals surface area contributed by atoms with Crippen LogP contribution in [0.2, 0.25) is 0 Å². The Kier molecular flexibility index (Phi) is 4.75. The zero-order chi connectivity index (χ0) is 12.8. The van der Waals surface area contributed by atoms with E-state index in [1.54, 1.807) is 6.33 Å².